The van der Waals surface area contributed by atoms with Crippen molar-refractivity contribution in [2.75, 3.05) is 9.80 Å². The van der Waals surface area contributed by atoms with Crippen molar-refractivity contribution in [2.45, 2.75) is 58.5 Å². The Morgan fingerprint density at radius 1 is 0.394 bits per heavy atom. The van der Waals surface area contributed by atoms with Crippen LogP contribution in [0.25, 0.3) is 76.5 Å². The fourth-order valence-electron chi connectivity index (χ4n) is 11.7. The van der Waals surface area contributed by atoms with Crippen LogP contribution in [0.15, 0.2) is 203 Å². The minimum absolute atomic E-state index is 0.338. The van der Waals surface area contributed by atoms with Gasteiger partial charge >= 0.3 is 0 Å². The molecule has 0 bridgehead atoms. The fourth-order valence-corrected chi connectivity index (χ4v) is 14.0. The Kier molecular flexibility index (Phi) is 9.58. The van der Waals surface area contributed by atoms with Crippen LogP contribution in [0.2, 0.25) is 39.3 Å². The van der Waals surface area contributed by atoms with Crippen LogP contribution < -0.4 is 20.2 Å². The van der Waals surface area contributed by atoms with Gasteiger partial charge in [0.2, 0.25) is 0 Å². The first-order valence-corrected chi connectivity index (χ1v) is 32.0. The molecule has 2 heterocycles. The van der Waals surface area contributed by atoms with Gasteiger partial charge in [-0.15, -0.1) is 0 Å². The van der Waals surface area contributed by atoms with Crippen molar-refractivity contribution in [1.29, 1.82) is 0 Å². The van der Waals surface area contributed by atoms with Gasteiger partial charge in [0, 0.05) is 55.0 Å². The zero-order valence-corrected chi connectivity index (χ0v) is 43.7. The highest BCUT2D eigenvalue weighted by Crippen LogP contribution is 2.59. The summed E-state index contributed by atoms with van der Waals surface area (Å²) < 4.78 is 13.6. The molecule has 13 rings (SSSR count). The highest BCUT2D eigenvalue weighted by atomic mass is 28.3. The second-order valence-electron chi connectivity index (χ2n) is 22.2. The molecule has 0 unspecified atom stereocenters. The van der Waals surface area contributed by atoms with Gasteiger partial charge in [-0.25, -0.2) is 0 Å². The molecule has 0 N–H and O–H groups in total. The van der Waals surface area contributed by atoms with Crippen LogP contribution in [-0.4, -0.2) is 16.1 Å². The summed E-state index contributed by atoms with van der Waals surface area (Å²) in [5, 5.41) is 12.2. The van der Waals surface area contributed by atoms with E-state index in [1.165, 1.54) is 59.9 Å². The Bertz CT molecular complexity index is 4110. The van der Waals surface area contributed by atoms with Crippen LogP contribution in [0.1, 0.15) is 25.0 Å². The Hall–Kier alpha value is -7.65. The smallest absolute Gasteiger partial charge is 0.159 e. The lowest BCUT2D eigenvalue weighted by Gasteiger charge is -2.31. The summed E-state index contributed by atoms with van der Waals surface area (Å²) in [4.78, 5) is 4.89. The van der Waals surface area contributed by atoms with Crippen molar-refractivity contribution in [3.63, 3.8) is 0 Å². The van der Waals surface area contributed by atoms with Gasteiger partial charge in [0.25, 0.3) is 0 Å². The summed E-state index contributed by atoms with van der Waals surface area (Å²) in [7, 11) is -3.13. The van der Waals surface area contributed by atoms with Gasteiger partial charge in [0.15, 0.2) is 11.2 Å². The summed E-state index contributed by atoms with van der Waals surface area (Å²) in [5.74, 6) is 0. The molecule has 0 radical (unpaired) electrons. The lowest BCUT2D eigenvalue weighted by Crippen LogP contribution is -2.37. The number of nitrogens with zero attached hydrogens (tertiary/aromatic N) is 2. The molecular weight excluding hydrogens is 897 g/mol. The third-order valence-corrected chi connectivity index (χ3v) is 19.4. The molecule has 0 fully saturated rings. The lowest BCUT2D eigenvalue weighted by molar-refractivity contribution is 0.667. The van der Waals surface area contributed by atoms with E-state index in [1.54, 1.807) is 0 Å². The van der Waals surface area contributed by atoms with E-state index in [9.17, 15) is 0 Å². The molecule has 1 aliphatic carbocycles. The topological polar surface area (TPSA) is 32.8 Å². The predicted octanol–water partition coefficient (Wildman–Crippen LogP) is 18.1. The summed E-state index contributed by atoms with van der Waals surface area (Å²) >= 11 is 0. The standard InChI is InChI=1S/C65H56N2O2Si2/c1-65(2)55-40-41-17-9-10-18-49(41)62(67(44-30-35-47(36-31-44)71(6,7)8)57-24-16-22-53-51-20-12-14-26-59(51)69-64(53)57)60(55)54-37-27-42-39-45(32-38-48(42)61(54)65)66(43-28-33-46(34-29-43)70(3,4)5)56-23-15-21-52-50-19-11-13-25-58(50)68-63(52)56/h9-40H,1-8H3. The second-order valence-corrected chi connectivity index (χ2v) is 32.3. The molecule has 0 saturated carbocycles. The van der Waals surface area contributed by atoms with E-state index < -0.39 is 16.1 Å². The Morgan fingerprint density at radius 2 is 0.873 bits per heavy atom. The normalized spacial score (nSPS) is 13.5. The van der Waals surface area contributed by atoms with Gasteiger partial charge < -0.3 is 18.6 Å². The first-order chi connectivity index (χ1) is 34.2. The molecule has 0 aliphatic heterocycles. The molecule has 346 valence electrons. The monoisotopic (exact) mass is 952 g/mol. The first kappa shape index (κ1) is 43.4. The number of fused-ring (bicyclic) bond motifs is 12. The quantitative estimate of drug-likeness (QED) is 0.142. The van der Waals surface area contributed by atoms with Crippen LogP contribution in [0.4, 0.5) is 34.1 Å². The van der Waals surface area contributed by atoms with Crippen LogP contribution in [0.5, 0.6) is 0 Å². The maximum Gasteiger partial charge on any atom is 0.159 e. The highest BCUT2D eigenvalue weighted by molar-refractivity contribution is 6.89. The van der Waals surface area contributed by atoms with E-state index in [1.807, 2.05) is 0 Å². The van der Waals surface area contributed by atoms with Crippen molar-refractivity contribution in [3.05, 3.63) is 205 Å². The number of benzene rings is 10. The summed E-state index contributed by atoms with van der Waals surface area (Å²) in [6, 6.07) is 71.9. The molecule has 1 aliphatic rings. The molecule has 12 aromatic rings. The van der Waals surface area contributed by atoms with Gasteiger partial charge in [0.05, 0.1) is 33.2 Å². The number of furan rings is 2. The minimum Gasteiger partial charge on any atom is -0.454 e. The number of para-hydroxylation sites is 4. The van der Waals surface area contributed by atoms with Crippen LogP contribution >= 0.6 is 0 Å². The van der Waals surface area contributed by atoms with Crippen LogP contribution in [0.3, 0.4) is 0 Å². The predicted molar refractivity (Wildman–Crippen MR) is 309 cm³/mol. The van der Waals surface area contributed by atoms with Gasteiger partial charge in [-0.1, -0.05) is 191 Å². The molecule has 6 heteroatoms. The molecule has 71 heavy (non-hydrogen) atoms. The molecule has 0 atom stereocenters. The number of hydrogen-bond donors (Lipinski definition) is 0. The Balaban J connectivity index is 1.04. The highest BCUT2D eigenvalue weighted by Gasteiger charge is 2.41. The number of hydrogen-bond acceptors (Lipinski definition) is 4. The van der Waals surface area contributed by atoms with Crippen molar-refractivity contribution in [3.8, 4) is 11.1 Å². The minimum atomic E-state index is -1.59. The third-order valence-electron chi connectivity index (χ3n) is 15.3. The summed E-state index contributed by atoms with van der Waals surface area (Å²) in [6.45, 7) is 19.3. The number of anilines is 6. The molecule has 2 aromatic heterocycles. The van der Waals surface area contributed by atoms with Gasteiger partial charge in [-0.05, 0) is 99.6 Å². The zero-order valence-electron chi connectivity index (χ0n) is 41.7. The molecule has 4 nitrogen and oxygen atoms in total. The summed E-state index contributed by atoms with van der Waals surface area (Å²) in [5.41, 5.74) is 14.9. The Labute approximate surface area is 417 Å². The molecular formula is C65H56N2O2Si2. The van der Waals surface area contributed by atoms with Crippen molar-refractivity contribution >= 4 is 126 Å². The lowest BCUT2D eigenvalue weighted by atomic mass is 9.79. The van der Waals surface area contributed by atoms with Crippen molar-refractivity contribution < 1.29 is 8.83 Å². The van der Waals surface area contributed by atoms with Gasteiger partial charge in [-0.2, -0.15) is 0 Å². The second kappa shape index (κ2) is 15.7. The van der Waals surface area contributed by atoms with E-state index in [-0.39, 0.29) is 5.41 Å². The van der Waals surface area contributed by atoms with E-state index in [0.29, 0.717) is 0 Å². The van der Waals surface area contributed by atoms with Crippen molar-refractivity contribution in [1.82, 2.24) is 0 Å². The SMILES string of the molecule is CC1(C)c2cc3ccccc3c(N(c3ccc([Si](C)(C)C)cc3)c3cccc4c3oc3ccccc34)c2-c2ccc3cc(N(c4ccc([Si](C)(C)C)cc4)c4cccc5c4oc4ccccc45)ccc3c21. The Morgan fingerprint density at radius 3 is 1.45 bits per heavy atom. The van der Waals surface area contributed by atoms with E-state index in [4.69, 9.17) is 8.83 Å². The van der Waals surface area contributed by atoms with E-state index >= 15 is 0 Å². The average Bonchev–Trinajstić information content (AvgIpc) is 4.02. The zero-order chi connectivity index (χ0) is 48.6. The molecule has 0 amide bonds. The molecule has 10 aromatic carbocycles. The van der Waals surface area contributed by atoms with E-state index in [0.717, 1.165) is 72.3 Å². The van der Waals surface area contributed by atoms with Gasteiger partial charge in [-0.3, -0.25) is 0 Å². The largest absolute Gasteiger partial charge is 0.454 e. The van der Waals surface area contributed by atoms with Crippen LogP contribution in [0, 0.1) is 0 Å². The maximum absolute atomic E-state index is 6.90. The molecule has 0 saturated heterocycles. The maximum atomic E-state index is 6.90. The average molecular weight is 953 g/mol. The summed E-state index contributed by atoms with van der Waals surface area (Å²) in [6.07, 6.45) is 0. The number of rotatable bonds is 8. The first-order valence-electron chi connectivity index (χ1n) is 25.0. The van der Waals surface area contributed by atoms with Gasteiger partial charge in [0.1, 0.15) is 11.2 Å². The van der Waals surface area contributed by atoms with Crippen LogP contribution in [-0.2, 0) is 5.41 Å². The molecule has 0 spiro atoms. The van der Waals surface area contributed by atoms with E-state index in [2.05, 4.69) is 257 Å². The third kappa shape index (κ3) is 6.76. The van der Waals surface area contributed by atoms with Crippen molar-refractivity contribution in [2.24, 2.45) is 0 Å². The fraction of sp³-hybridized carbons (Fsp3) is 0.138.